The van der Waals surface area contributed by atoms with E-state index < -0.39 is 11.9 Å². The number of aliphatic carboxylic acids is 1. The molecule has 1 heterocycles. The molecule has 0 bridgehead atoms. The van der Waals surface area contributed by atoms with Gasteiger partial charge in [0.25, 0.3) is 0 Å². The molecule has 1 aliphatic heterocycles. The number of rotatable bonds is 5. The highest BCUT2D eigenvalue weighted by Gasteiger charge is 2.32. The summed E-state index contributed by atoms with van der Waals surface area (Å²) in [6.45, 7) is 2.57. The lowest BCUT2D eigenvalue weighted by Crippen LogP contribution is -2.37. The van der Waals surface area contributed by atoms with Gasteiger partial charge < -0.3 is 14.7 Å². The highest BCUT2D eigenvalue weighted by Crippen LogP contribution is 2.24. The summed E-state index contributed by atoms with van der Waals surface area (Å²) in [6.07, 6.45) is 1.88. The average molecular weight is 291 g/mol. The van der Waals surface area contributed by atoms with E-state index in [0.717, 1.165) is 18.4 Å². The minimum atomic E-state index is -0.820. The van der Waals surface area contributed by atoms with Crippen LogP contribution >= 0.6 is 0 Å². The van der Waals surface area contributed by atoms with Crippen molar-refractivity contribution in [3.05, 3.63) is 35.9 Å². The smallest absolute Gasteiger partial charge is 0.410 e. The second-order valence-corrected chi connectivity index (χ2v) is 5.50. The lowest BCUT2D eigenvalue weighted by atomic mass is 10.0. The third kappa shape index (κ3) is 4.21. The van der Waals surface area contributed by atoms with Gasteiger partial charge in [-0.05, 0) is 24.8 Å². The fourth-order valence-corrected chi connectivity index (χ4v) is 2.63. The first kappa shape index (κ1) is 15.4. The molecule has 1 aliphatic rings. The second kappa shape index (κ2) is 7.11. The van der Waals surface area contributed by atoms with Gasteiger partial charge >= 0.3 is 12.1 Å². The van der Waals surface area contributed by atoms with Crippen LogP contribution in [0.4, 0.5) is 4.79 Å². The lowest BCUT2D eigenvalue weighted by molar-refractivity contribution is -0.141. The predicted octanol–water partition coefficient (Wildman–Crippen LogP) is 2.90. The Kier molecular flexibility index (Phi) is 5.20. The SMILES string of the molecule is CC(CC1CCCN1C(=O)OCc1ccccc1)C(=O)O. The first-order chi connectivity index (χ1) is 10.1. The van der Waals surface area contributed by atoms with Gasteiger partial charge in [0.2, 0.25) is 0 Å². The van der Waals surface area contributed by atoms with E-state index in [0.29, 0.717) is 13.0 Å². The number of likely N-dealkylation sites (tertiary alicyclic amines) is 1. The molecule has 2 atom stereocenters. The van der Waals surface area contributed by atoms with Crippen LogP contribution in [0.5, 0.6) is 0 Å². The van der Waals surface area contributed by atoms with E-state index >= 15 is 0 Å². The zero-order valence-electron chi connectivity index (χ0n) is 12.2. The summed E-state index contributed by atoms with van der Waals surface area (Å²) in [6, 6.07) is 9.49. The van der Waals surface area contributed by atoms with Gasteiger partial charge in [-0.15, -0.1) is 0 Å². The Morgan fingerprint density at radius 1 is 1.38 bits per heavy atom. The van der Waals surface area contributed by atoms with Crippen LogP contribution in [0.1, 0.15) is 31.7 Å². The Morgan fingerprint density at radius 2 is 2.10 bits per heavy atom. The van der Waals surface area contributed by atoms with E-state index in [4.69, 9.17) is 9.84 Å². The third-order valence-electron chi connectivity index (χ3n) is 3.86. The molecule has 5 heteroatoms. The first-order valence-corrected chi connectivity index (χ1v) is 7.28. The number of nitrogens with zero attached hydrogens (tertiary/aromatic N) is 1. The van der Waals surface area contributed by atoms with Gasteiger partial charge in [-0.3, -0.25) is 4.79 Å². The van der Waals surface area contributed by atoms with Crippen LogP contribution in [-0.2, 0) is 16.1 Å². The summed E-state index contributed by atoms with van der Waals surface area (Å²) in [7, 11) is 0. The molecule has 0 saturated carbocycles. The van der Waals surface area contributed by atoms with E-state index in [-0.39, 0.29) is 18.7 Å². The van der Waals surface area contributed by atoms with Gasteiger partial charge in [0.15, 0.2) is 0 Å². The van der Waals surface area contributed by atoms with Gasteiger partial charge in [0.05, 0.1) is 5.92 Å². The maximum absolute atomic E-state index is 12.1. The van der Waals surface area contributed by atoms with Crippen molar-refractivity contribution in [1.29, 1.82) is 0 Å². The maximum Gasteiger partial charge on any atom is 0.410 e. The Hall–Kier alpha value is -2.04. The quantitative estimate of drug-likeness (QED) is 0.905. The molecule has 2 rings (SSSR count). The number of hydrogen-bond donors (Lipinski definition) is 1. The van der Waals surface area contributed by atoms with Crippen LogP contribution in [0, 0.1) is 5.92 Å². The van der Waals surface area contributed by atoms with Crippen molar-refractivity contribution in [3.8, 4) is 0 Å². The maximum atomic E-state index is 12.1. The molecule has 5 nitrogen and oxygen atoms in total. The molecular formula is C16H21NO4. The molecule has 1 N–H and O–H groups in total. The summed E-state index contributed by atoms with van der Waals surface area (Å²) < 4.78 is 5.32. The monoisotopic (exact) mass is 291 g/mol. The summed E-state index contributed by atoms with van der Waals surface area (Å²) in [5, 5.41) is 8.98. The standard InChI is InChI=1S/C16H21NO4/c1-12(15(18)19)10-14-8-5-9-17(14)16(20)21-11-13-6-3-2-4-7-13/h2-4,6-7,12,14H,5,8-11H2,1H3,(H,18,19). The molecular weight excluding hydrogens is 270 g/mol. The number of ether oxygens (including phenoxy) is 1. The number of hydrogen-bond acceptors (Lipinski definition) is 3. The van der Waals surface area contributed by atoms with Gasteiger partial charge in [-0.1, -0.05) is 37.3 Å². The average Bonchev–Trinajstić information content (AvgIpc) is 2.94. The van der Waals surface area contributed by atoms with Crippen molar-refractivity contribution in [2.45, 2.75) is 38.8 Å². The number of amides is 1. The molecule has 21 heavy (non-hydrogen) atoms. The highest BCUT2D eigenvalue weighted by atomic mass is 16.6. The minimum Gasteiger partial charge on any atom is -0.481 e. The van der Waals surface area contributed by atoms with Crippen LogP contribution in [0.2, 0.25) is 0 Å². The lowest BCUT2D eigenvalue weighted by Gasteiger charge is -2.25. The molecule has 0 aromatic heterocycles. The fraction of sp³-hybridized carbons (Fsp3) is 0.500. The molecule has 0 spiro atoms. The predicted molar refractivity (Wildman–Crippen MR) is 77.8 cm³/mol. The van der Waals surface area contributed by atoms with E-state index in [1.165, 1.54) is 0 Å². The Morgan fingerprint density at radius 3 is 2.76 bits per heavy atom. The second-order valence-electron chi connectivity index (χ2n) is 5.50. The zero-order valence-corrected chi connectivity index (χ0v) is 12.2. The van der Waals surface area contributed by atoms with Gasteiger partial charge in [-0.25, -0.2) is 4.79 Å². The Balaban J connectivity index is 1.87. The topological polar surface area (TPSA) is 66.8 Å². The van der Waals surface area contributed by atoms with Crippen molar-refractivity contribution in [2.24, 2.45) is 5.92 Å². The summed E-state index contributed by atoms with van der Waals surface area (Å²) in [4.78, 5) is 24.7. The van der Waals surface area contributed by atoms with E-state index in [9.17, 15) is 9.59 Å². The van der Waals surface area contributed by atoms with Crippen molar-refractivity contribution >= 4 is 12.1 Å². The molecule has 1 amide bonds. The van der Waals surface area contributed by atoms with Crippen LogP contribution in [0.3, 0.4) is 0 Å². The largest absolute Gasteiger partial charge is 0.481 e. The number of carbonyl (C=O) groups is 2. The van der Waals surface area contributed by atoms with Crippen LogP contribution in [0.15, 0.2) is 30.3 Å². The number of benzene rings is 1. The van der Waals surface area contributed by atoms with Crippen molar-refractivity contribution in [2.75, 3.05) is 6.54 Å². The first-order valence-electron chi connectivity index (χ1n) is 7.28. The molecule has 1 aromatic carbocycles. The molecule has 0 aliphatic carbocycles. The molecule has 0 radical (unpaired) electrons. The molecule has 2 unspecified atom stereocenters. The zero-order chi connectivity index (χ0) is 15.2. The van der Waals surface area contributed by atoms with Crippen LogP contribution in [-0.4, -0.2) is 34.7 Å². The Bertz CT molecular complexity index is 488. The number of carboxylic acid groups (broad SMARTS) is 1. The number of carboxylic acids is 1. The molecule has 114 valence electrons. The van der Waals surface area contributed by atoms with Gasteiger partial charge in [0.1, 0.15) is 6.61 Å². The summed E-state index contributed by atoms with van der Waals surface area (Å²) in [5.41, 5.74) is 0.945. The van der Waals surface area contributed by atoms with Crippen molar-refractivity contribution in [1.82, 2.24) is 4.90 Å². The van der Waals surface area contributed by atoms with Crippen molar-refractivity contribution < 1.29 is 19.4 Å². The van der Waals surface area contributed by atoms with Crippen molar-refractivity contribution in [3.63, 3.8) is 0 Å². The minimum absolute atomic E-state index is 0.0284. The molecule has 1 aromatic rings. The Labute approximate surface area is 124 Å². The van der Waals surface area contributed by atoms with E-state index in [1.54, 1.807) is 11.8 Å². The number of carbonyl (C=O) groups excluding carboxylic acids is 1. The van der Waals surface area contributed by atoms with Crippen LogP contribution in [0.25, 0.3) is 0 Å². The summed E-state index contributed by atoms with van der Waals surface area (Å²) >= 11 is 0. The van der Waals surface area contributed by atoms with E-state index in [1.807, 2.05) is 30.3 Å². The molecule has 1 fully saturated rings. The molecule has 1 saturated heterocycles. The third-order valence-corrected chi connectivity index (χ3v) is 3.86. The van der Waals surface area contributed by atoms with E-state index in [2.05, 4.69) is 0 Å². The fourth-order valence-electron chi connectivity index (χ4n) is 2.63. The normalized spacial score (nSPS) is 19.3. The highest BCUT2D eigenvalue weighted by molar-refractivity contribution is 5.70. The van der Waals surface area contributed by atoms with Gasteiger partial charge in [-0.2, -0.15) is 0 Å². The van der Waals surface area contributed by atoms with Crippen LogP contribution < -0.4 is 0 Å². The van der Waals surface area contributed by atoms with Gasteiger partial charge in [0, 0.05) is 12.6 Å². The summed E-state index contributed by atoms with van der Waals surface area (Å²) in [5.74, 6) is -1.27.